The molecule has 0 bridgehead atoms. The van der Waals surface area contributed by atoms with Crippen LogP contribution in [0.15, 0.2) is 84.9 Å². The summed E-state index contributed by atoms with van der Waals surface area (Å²) in [6.45, 7) is 21.6. The Labute approximate surface area is 266 Å². The lowest BCUT2D eigenvalue weighted by Gasteiger charge is -2.26. The number of benzene rings is 4. The molecule has 4 aromatic carbocycles. The molecule has 0 aliphatic rings. The highest BCUT2D eigenvalue weighted by atomic mass is 28.3. The van der Waals surface area contributed by atoms with Gasteiger partial charge in [0.25, 0.3) is 5.69 Å². The van der Waals surface area contributed by atoms with Crippen molar-refractivity contribution in [2.75, 3.05) is 5.73 Å². The predicted molar refractivity (Wildman–Crippen MR) is 191 cm³/mol. The average Bonchev–Trinajstić information content (AvgIpc) is 2.92. The van der Waals surface area contributed by atoms with Crippen LogP contribution >= 0.6 is 0 Å². The van der Waals surface area contributed by atoms with E-state index in [1.807, 2.05) is 42.5 Å². The Hall–Kier alpha value is -3.89. The zero-order valence-electron chi connectivity index (χ0n) is 27.9. The highest BCUT2D eigenvalue weighted by molar-refractivity contribution is 6.49. The largest absolute Gasteiger partial charge is 0.546 e. The summed E-state index contributed by atoms with van der Waals surface area (Å²) in [5.41, 5.74) is 12.9. The quantitative estimate of drug-likeness (QED) is 0.0953. The number of hydrogen-bond acceptors (Lipinski definition) is 5. The molecule has 0 unspecified atom stereocenters. The zero-order chi connectivity index (χ0) is 32.8. The van der Waals surface area contributed by atoms with E-state index in [4.69, 9.17) is 14.6 Å². The summed E-state index contributed by atoms with van der Waals surface area (Å²) in [6.07, 6.45) is 0. The van der Waals surface area contributed by atoms with E-state index in [0.29, 0.717) is 5.56 Å². The van der Waals surface area contributed by atoms with Crippen molar-refractivity contribution in [3.05, 3.63) is 106 Å². The van der Waals surface area contributed by atoms with Crippen molar-refractivity contribution >= 4 is 29.5 Å². The third-order valence-electron chi connectivity index (χ3n) is 7.00. The fourth-order valence-electron chi connectivity index (χ4n) is 5.01. The van der Waals surface area contributed by atoms with E-state index in [1.165, 1.54) is 11.6 Å². The van der Waals surface area contributed by atoms with Gasteiger partial charge in [-0.2, -0.15) is 0 Å². The standard InChI is InChI=1S/C18H23NO3Si.C18H25NOSi/c1-18(2,3)15-11-8-10-14(17(15)22-23(4)5)13-9-6-7-12-16(13)19(20)21;1-18(2,3)15-11-8-10-14(17(15)20-21(4)5)13-9-6-7-12-16(13)19/h6-12,23H,1-5H3;6-12,21H,19H2,1-5H3. The lowest BCUT2D eigenvalue weighted by atomic mass is 9.84. The molecule has 0 saturated heterocycles. The molecule has 6 nitrogen and oxygen atoms in total. The van der Waals surface area contributed by atoms with Crippen LogP contribution in [0, 0.1) is 10.1 Å². The maximum absolute atomic E-state index is 11.4. The minimum Gasteiger partial charge on any atom is -0.546 e. The maximum atomic E-state index is 11.4. The molecule has 2 N–H and O–H groups in total. The van der Waals surface area contributed by atoms with E-state index in [1.54, 1.807) is 12.1 Å². The number of nitrogens with two attached hydrogens (primary N) is 1. The fourth-order valence-corrected chi connectivity index (χ4v) is 6.46. The average molecular weight is 629 g/mol. The number of nitro groups is 1. The summed E-state index contributed by atoms with van der Waals surface area (Å²) >= 11 is 0. The van der Waals surface area contributed by atoms with Crippen LogP contribution in [0.1, 0.15) is 52.7 Å². The molecular formula is C36H48N2O4Si2. The van der Waals surface area contributed by atoms with Gasteiger partial charge in [0.15, 0.2) is 0 Å². The number of hydrogen-bond donors (Lipinski definition) is 1. The second kappa shape index (κ2) is 14.3. The zero-order valence-corrected chi connectivity index (χ0v) is 30.2. The Balaban J connectivity index is 0.000000241. The number of para-hydroxylation sites is 4. The van der Waals surface area contributed by atoms with Crippen LogP contribution in [0.5, 0.6) is 11.5 Å². The maximum Gasteiger partial charge on any atom is 0.277 e. The van der Waals surface area contributed by atoms with E-state index in [9.17, 15) is 10.1 Å². The van der Waals surface area contributed by atoms with Crippen molar-refractivity contribution in [1.82, 2.24) is 0 Å². The SMILES string of the molecule is C[SiH](C)Oc1c(-c2ccccc2N)cccc1C(C)(C)C.C[SiH](C)Oc1c(-c2ccccc2[N+](=O)[O-])cccc1C(C)(C)C. The van der Waals surface area contributed by atoms with Crippen molar-refractivity contribution in [1.29, 1.82) is 0 Å². The molecule has 44 heavy (non-hydrogen) atoms. The van der Waals surface area contributed by atoms with Crippen molar-refractivity contribution in [2.45, 2.75) is 78.6 Å². The Morgan fingerprint density at radius 3 is 1.39 bits per heavy atom. The van der Waals surface area contributed by atoms with Gasteiger partial charge in [0.2, 0.25) is 18.1 Å². The first-order valence-electron chi connectivity index (χ1n) is 15.2. The van der Waals surface area contributed by atoms with Gasteiger partial charge < -0.3 is 14.6 Å². The van der Waals surface area contributed by atoms with Gasteiger partial charge >= 0.3 is 0 Å². The second-order valence-corrected chi connectivity index (χ2v) is 18.2. The molecule has 234 valence electrons. The Morgan fingerprint density at radius 2 is 0.977 bits per heavy atom. The molecule has 0 amide bonds. The highest BCUT2D eigenvalue weighted by Crippen LogP contribution is 2.43. The molecule has 4 rings (SSSR count). The van der Waals surface area contributed by atoms with E-state index in [0.717, 1.165) is 39.4 Å². The first-order valence-corrected chi connectivity index (χ1v) is 20.8. The van der Waals surface area contributed by atoms with Crippen molar-refractivity contribution in [2.24, 2.45) is 0 Å². The van der Waals surface area contributed by atoms with Crippen molar-refractivity contribution < 1.29 is 13.8 Å². The van der Waals surface area contributed by atoms with Gasteiger partial charge in [0.05, 0.1) is 10.5 Å². The Morgan fingerprint density at radius 1 is 0.591 bits per heavy atom. The third-order valence-corrected chi connectivity index (χ3v) is 8.41. The summed E-state index contributed by atoms with van der Waals surface area (Å²) in [5, 5.41) is 11.4. The molecule has 0 atom stereocenters. The predicted octanol–water partition coefficient (Wildman–Crippen LogP) is 9.52. The minimum atomic E-state index is -1.36. The Kier molecular flexibility index (Phi) is 11.2. The molecule has 0 radical (unpaired) electrons. The van der Waals surface area contributed by atoms with Crippen LogP contribution in [-0.4, -0.2) is 23.0 Å². The van der Waals surface area contributed by atoms with Gasteiger partial charge in [0.1, 0.15) is 11.5 Å². The van der Waals surface area contributed by atoms with Crippen molar-refractivity contribution in [3.63, 3.8) is 0 Å². The lowest BCUT2D eigenvalue weighted by molar-refractivity contribution is -0.384. The molecule has 4 aromatic rings. The normalized spacial score (nSPS) is 11.6. The van der Waals surface area contributed by atoms with Crippen molar-refractivity contribution in [3.8, 4) is 33.8 Å². The first kappa shape index (κ1) is 34.6. The summed E-state index contributed by atoms with van der Waals surface area (Å²) in [6, 6.07) is 27.1. The first-order chi connectivity index (χ1) is 20.5. The van der Waals surface area contributed by atoms with Gasteiger partial charge in [-0.25, -0.2) is 0 Å². The molecule has 8 heteroatoms. The second-order valence-electron chi connectivity index (χ2n) is 13.6. The smallest absolute Gasteiger partial charge is 0.277 e. The van der Waals surface area contributed by atoms with Crippen LogP contribution in [-0.2, 0) is 10.8 Å². The van der Waals surface area contributed by atoms with Crippen LogP contribution in [0.3, 0.4) is 0 Å². The topological polar surface area (TPSA) is 87.6 Å². The van der Waals surface area contributed by atoms with Gasteiger partial charge in [0, 0.05) is 28.4 Å². The van der Waals surface area contributed by atoms with E-state index in [2.05, 4.69) is 92.0 Å². The number of nitrogen functional groups attached to an aromatic ring is 1. The molecular weight excluding hydrogens is 581 g/mol. The minimum absolute atomic E-state index is 0.0399. The van der Waals surface area contributed by atoms with Gasteiger partial charge in [-0.1, -0.05) is 108 Å². The van der Waals surface area contributed by atoms with Gasteiger partial charge in [-0.3, -0.25) is 10.1 Å². The van der Waals surface area contributed by atoms with Gasteiger partial charge in [-0.15, -0.1) is 0 Å². The summed E-state index contributed by atoms with van der Waals surface area (Å²) in [4.78, 5) is 11.0. The number of nitrogens with zero attached hydrogens (tertiary/aromatic N) is 1. The molecule has 0 saturated carbocycles. The monoisotopic (exact) mass is 628 g/mol. The van der Waals surface area contributed by atoms with Crippen LogP contribution in [0.4, 0.5) is 11.4 Å². The van der Waals surface area contributed by atoms with Crippen LogP contribution in [0.2, 0.25) is 26.2 Å². The van der Waals surface area contributed by atoms with E-state index in [-0.39, 0.29) is 21.4 Å². The molecule has 0 fully saturated rings. The molecule has 0 aliphatic carbocycles. The number of rotatable bonds is 7. The van der Waals surface area contributed by atoms with Crippen LogP contribution < -0.4 is 14.6 Å². The van der Waals surface area contributed by atoms with E-state index >= 15 is 0 Å². The van der Waals surface area contributed by atoms with E-state index < -0.39 is 18.1 Å². The van der Waals surface area contributed by atoms with Gasteiger partial charge in [-0.05, 0) is 60.3 Å². The highest BCUT2D eigenvalue weighted by Gasteiger charge is 2.26. The fraction of sp³-hybridized carbons (Fsp3) is 0.333. The van der Waals surface area contributed by atoms with Crippen LogP contribution in [0.25, 0.3) is 22.3 Å². The number of nitro benzene ring substituents is 1. The summed E-state index contributed by atoms with van der Waals surface area (Å²) in [5.74, 6) is 1.79. The summed E-state index contributed by atoms with van der Waals surface area (Å²) < 4.78 is 12.5. The number of anilines is 1. The molecule has 0 spiro atoms. The molecule has 0 aromatic heterocycles. The Bertz CT molecular complexity index is 1590. The lowest BCUT2D eigenvalue weighted by Crippen LogP contribution is -2.19. The molecule has 0 heterocycles. The molecule has 0 aliphatic heterocycles. The summed E-state index contributed by atoms with van der Waals surface area (Å²) in [7, 11) is -2.56. The third kappa shape index (κ3) is 8.60.